The molecular formula is C12H14BrN3O. The lowest BCUT2D eigenvalue weighted by molar-refractivity contribution is 0.578. The third kappa shape index (κ3) is 2.85. The molecule has 2 rings (SSSR count). The summed E-state index contributed by atoms with van der Waals surface area (Å²) in [4.78, 5) is 8.76. The van der Waals surface area contributed by atoms with Crippen LogP contribution in [0.4, 0.5) is 5.95 Å². The maximum atomic E-state index is 5.40. The molecule has 5 heteroatoms. The minimum Gasteiger partial charge on any atom is -0.461 e. The topological polar surface area (TPSA) is 51.0 Å². The van der Waals surface area contributed by atoms with Gasteiger partial charge in [-0.2, -0.15) is 0 Å². The number of rotatable bonds is 4. The van der Waals surface area contributed by atoms with Crippen LogP contribution < -0.4 is 5.32 Å². The maximum Gasteiger partial charge on any atom is 0.223 e. The van der Waals surface area contributed by atoms with Crippen LogP contribution in [0.5, 0.6) is 0 Å². The molecule has 0 saturated heterocycles. The molecule has 0 spiro atoms. The summed E-state index contributed by atoms with van der Waals surface area (Å²) in [5, 5.41) is 3.18. The van der Waals surface area contributed by atoms with Crippen molar-refractivity contribution < 1.29 is 4.42 Å². The maximum absolute atomic E-state index is 5.40. The highest BCUT2D eigenvalue weighted by molar-refractivity contribution is 9.10. The molecule has 4 nitrogen and oxygen atoms in total. The Labute approximate surface area is 109 Å². The average molecular weight is 296 g/mol. The first-order valence-corrected chi connectivity index (χ1v) is 6.33. The van der Waals surface area contributed by atoms with E-state index in [-0.39, 0.29) is 0 Å². The molecule has 0 aliphatic carbocycles. The van der Waals surface area contributed by atoms with Gasteiger partial charge in [-0.15, -0.1) is 0 Å². The average Bonchev–Trinajstić information content (AvgIpc) is 2.72. The Bertz CT molecular complexity index is 510. The molecule has 0 unspecified atom stereocenters. The van der Waals surface area contributed by atoms with Crippen LogP contribution in [0.1, 0.15) is 19.0 Å². The normalized spacial score (nSPS) is 10.5. The van der Waals surface area contributed by atoms with Crippen molar-refractivity contribution in [3.8, 4) is 11.5 Å². The number of anilines is 1. The van der Waals surface area contributed by atoms with Crippen LogP contribution in [0.15, 0.2) is 27.3 Å². The number of nitrogens with one attached hydrogen (secondary N) is 1. The number of hydrogen-bond donors (Lipinski definition) is 1. The second-order valence-electron chi connectivity index (χ2n) is 3.74. The number of hydrogen-bond acceptors (Lipinski definition) is 4. The third-order valence-electron chi connectivity index (χ3n) is 2.24. The molecule has 0 amide bonds. The second-order valence-corrected chi connectivity index (χ2v) is 4.60. The van der Waals surface area contributed by atoms with Gasteiger partial charge in [0.25, 0.3) is 0 Å². The summed E-state index contributed by atoms with van der Waals surface area (Å²) >= 11 is 3.43. The fourth-order valence-corrected chi connectivity index (χ4v) is 1.88. The van der Waals surface area contributed by atoms with Gasteiger partial charge in [-0.1, -0.05) is 6.92 Å². The van der Waals surface area contributed by atoms with Gasteiger partial charge in [-0.25, -0.2) is 9.97 Å². The van der Waals surface area contributed by atoms with Crippen LogP contribution in [0, 0.1) is 6.92 Å². The van der Waals surface area contributed by atoms with E-state index in [2.05, 4.69) is 38.1 Å². The van der Waals surface area contributed by atoms with Crippen LogP contribution in [-0.4, -0.2) is 16.5 Å². The lowest BCUT2D eigenvalue weighted by Gasteiger charge is -2.06. The smallest absolute Gasteiger partial charge is 0.223 e. The molecule has 1 N–H and O–H groups in total. The lowest BCUT2D eigenvalue weighted by atomic mass is 10.3. The minimum absolute atomic E-state index is 0.644. The molecule has 0 aliphatic heterocycles. The van der Waals surface area contributed by atoms with Gasteiger partial charge in [0.2, 0.25) is 5.95 Å². The number of furan rings is 1. The highest BCUT2D eigenvalue weighted by atomic mass is 79.9. The van der Waals surface area contributed by atoms with Crippen LogP contribution in [0.2, 0.25) is 0 Å². The number of halogens is 1. The van der Waals surface area contributed by atoms with E-state index in [0.29, 0.717) is 5.95 Å². The molecule has 2 heterocycles. The van der Waals surface area contributed by atoms with Crippen LogP contribution in [0.25, 0.3) is 11.5 Å². The van der Waals surface area contributed by atoms with Gasteiger partial charge in [-0.05, 0) is 41.4 Å². The first-order valence-electron chi connectivity index (χ1n) is 5.53. The molecule has 90 valence electrons. The number of aromatic nitrogens is 2. The van der Waals surface area contributed by atoms with E-state index in [9.17, 15) is 0 Å². The van der Waals surface area contributed by atoms with Crippen molar-refractivity contribution in [2.45, 2.75) is 20.3 Å². The van der Waals surface area contributed by atoms with Crippen molar-refractivity contribution in [2.75, 3.05) is 11.9 Å². The SMILES string of the molecule is CCCNc1nc(C)cc(-c2occc2Br)n1. The summed E-state index contributed by atoms with van der Waals surface area (Å²) in [6, 6.07) is 3.76. The Morgan fingerprint density at radius 3 is 2.88 bits per heavy atom. The molecule has 0 radical (unpaired) electrons. The van der Waals surface area contributed by atoms with Gasteiger partial charge < -0.3 is 9.73 Å². The van der Waals surface area contributed by atoms with Gasteiger partial charge in [0, 0.05) is 12.2 Å². The fraction of sp³-hybridized carbons (Fsp3) is 0.333. The number of aryl methyl sites for hydroxylation is 1. The van der Waals surface area contributed by atoms with E-state index < -0.39 is 0 Å². The molecule has 0 aromatic carbocycles. The zero-order chi connectivity index (χ0) is 12.3. The van der Waals surface area contributed by atoms with Gasteiger partial charge in [-0.3, -0.25) is 0 Å². The van der Waals surface area contributed by atoms with Crippen molar-refractivity contribution in [1.82, 2.24) is 9.97 Å². The van der Waals surface area contributed by atoms with Crippen LogP contribution >= 0.6 is 15.9 Å². The number of nitrogens with zero attached hydrogens (tertiary/aromatic N) is 2. The molecular weight excluding hydrogens is 282 g/mol. The Kier molecular flexibility index (Phi) is 3.78. The van der Waals surface area contributed by atoms with Crippen molar-refractivity contribution in [1.29, 1.82) is 0 Å². The van der Waals surface area contributed by atoms with Crippen molar-refractivity contribution in [3.05, 3.63) is 28.6 Å². The van der Waals surface area contributed by atoms with Crippen molar-refractivity contribution in [2.24, 2.45) is 0 Å². The molecule has 0 bridgehead atoms. The Morgan fingerprint density at radius 2 is 2.24 bits per heavy atom. The summed E-state index contributed by atoms with van der Waals surface area (Å²) in [6.45, 7) is 4.91. The Balaban J connectivity index is 2.35. The predicted molar refractivity (Wildman–Crippen MR) is 71.0 cm³/mol. The fourth-order valence-electron chi connectivity index (χ4n) is 1.48. The van der Waals surface area contributed by atoms with E-state index in [4.69, 9.17) is 4.42 Å². The van der Waals surface area contributed by atoms with E-state index >= 15 is 0 Å². The molecule has 0 atom stereocenters. The Hall–Kier alpha value is -1.36. The quantitative estimate of drug-likeness (QED) is 0.936. The zero-order valence-electron chi connectivity index (χ0n) is 9.83. The molecule has 2 aromatic heterocycles. The third-order valence-corrected chi connectivity index (χ3v) is 2.86. The van der Waals surface area contributed by atoms with E-state index in [1.165, 1.54) is 0 Å². The summed E-state index contributed by atoms with van der Waals surface area (Å²) in [5.41, 5.74) is 1.70. The lowest BCUT2D eigenvalue weighted by Crippen LogP contribution is -2.05. The Morgan fingerprint density at radius 1 is 1.41 bits per heavy atom. The molecule has 17 heavy (non-hydrogen) atoms. The molecule has 2 aromatic rings. The van der Waals surface area contributed by atoms with Gasteiger partial charge in [0.05, 0.1) is 10.7 Å². The highest BCUT2D eigenvalue weighted by Gasteiger charge is 2.10. The van der Waals surface area contributed by atoms with Crippen LogP contribution in [-0.2, 0) is 0 Å². The minimum atomic E-state index is 0.644. The van der Waals surface area contributed by atoms with Crippen molar-refractivity contribution in [3.63, 3.8) is 0 Å². The largest absolute Gasteiger partial charge is 0.461 e. The standard InChI is InChI=1S/C12H14BrN3O/c1-3-5-14-12-15-8(2)7-10(16-12)11-9(13)4-6-17-11/h4,6-7H,3,5H2,1-2H3,(H,14,15,16). The molecule has 0 saturated carbocycles. The van der Waals surface area contributed by atoms with Crippen molar-refractivity contribution >= 4 is 21.9 Å². The van der Waals surface area contributed by atoms with Gasteiger partial charge in [0.15, 0.2) is 5.76 Å². The van der Waals surface area contributed by atoms with Gasteiger partial charge in [0.1, 0.15) is 5.69 Å². The summed E-state index contributed by atoms with van der Waals surface area (Å²) in [7, 11) is 0. The highest BCUT2D eigenvalue weighted by Crippen LogP contribution is 2.28. The van der Waals surface area contributed by atoms with E-state index in [0.717, 1.165) is 34.6 Å². The zero-order valence-corrected chi connectivity index (χ0v) is 11.4. The monoisotopic (exact) mass is 295 g/mol. The summed E-state index contributed by atoms with van der Waals surface area (Å²) in [6.07, 6.45) is 2.67. The first kappa shape index (κ1) is 12.1. The van der Waals surface area contributed by atoms with E-state index in [1.54, 1.807) is 6.26 Å². The first-order chi connectivity index (χ1) is 8.20. The van der Waals surface area contributed by atoms with Gasteiger partial charge >= 0.3 is 0 Å². The molecule has 0 aliphatic rings. The van der Waals surface area contributed by atoms with Crippen LogP contribution in [0.3, 0.4) is 0 Å². The summed E-state index contributed by atoms with van der Waals surface area (Å²) < 4.78 is 6.30. The predicted octanol–water partition coefficient (Wildman–Crippen LogP) is 3.63. The molecule has 0 fully saturated rings. The second kappa shape index (κ2) is 5.31. The summed E-state index contributed by atoms with van der Waals surface area (Å²) in [5.74, 6) is 1.38. The van der Waals surface area contributed by atoms with E-state index in [1.807, 2.05) is 19.1 Å².